The third-order valence-electron chi connectivity index (χ3n) is 2.91. The van der Waals surface area contributed by atoms with E-state index in [1.165, 1.54) is 0 Å². The first-order valence-corrected chi connectivity index (χ1v) is 6.26. The summed E-state index contributed by atoms with van der Waals surface area (Å²) in [6.07, 6.45) is 5.64. The predicted molar refractivity (Wildman–Crippen MR) is 70.4 cm³/mol. The molecule has 0 aliphatic heterocycles. The fraction of sp³-hybridized carbons (Fsp3) is 0.385. The molecule has 0 radical (unpaired) electrons. The molecule has 0 fully saturated rings. The number of nitrogen functional groups attached to an aromatic ring is 1. The van der Waals surface area contributed by atoms with E-state index in [4.69, 9.17) is 10.3 Å². The number of nitrogens with zero attached hydrogens (tertiary/aromatic N) is 2. The van der Waals surface area contributed by atoms with E-state index in [-0.39, 0.29) is 5.76 Å². The van der Waals surface area contributed by atoms with Crippen molar-refractivity contribution in [3.05, 3.63) is 41.4 Å². The summed E-state index contributed by atoms with van der Waals surface area (Å²) in [5, 5.41) is 0. The molecule has 0 aromatic carbocycles. The number of amides is 1. The number of aromatic nitrogens is 2. The van der Waals surface area contributed by atoms with Gasteiger partial charge in [-0.3, -0.25) is 10.2 Å². The number of nitrogens with one attached hydrogen (secondary N) is 1. The summed E-state index contributed by atoms with van der Waals surface area (Å²) in [4.78, 5) is 15.8. The molecule has 0 saturated carbocycles. The minimum Gasteiger partial charge on any atom is -0.454 e. The van der Waals surface area contributed by atoms with Crippen LogP contribution in [0.4, 0.5) is 0 Å². The third kappa shape index (κ3) is 2.85. The number of furan rings is 1. The van der Waals surface area contributed by atoms with Crippen molar-refractivity contribution < 1.29 is 9.21 Å². The van der Waals surface area contributed by atoms with Crippen molar-refractivity contribution >= 4 is 5.91 Å². The molecular formula is C13H18N4O2. The number of hydrogen-bond acceptors (Lipinski definition) is 4. The highest BCUT2D eigenvalue weighted by molar-refractivity contribution is 5.92. The summed E-state index contributed by atoms with van der Waals surface area (Å²) < 4.78 is 7.55. The molecule has 19 heavy (non-hydrogen) atoms. The van der Waals surface area contributed by atoms with Crippen LogP contribution in [0.3, 0.4) is 0 Å². The van der Waals surface area contributed by atoms with Crippen LogP contribution in [0.5, 0.6) is 0 Å². The van der Waals surface area contributed by atoms with Gasteiger partial charge in [-0.15, -0.1) is 0 Å². The van der Waals surface area contributed by atoms with Crippen LogP contribution in [0, 0.1) is 6.92 Å². The SMILES string of the molecule is CCCc1nccn1Cc1cc(C)c(C(=O)NN)o1. The molecule has 2 heterocycles. The van der Waals surface area contributed by atoms with Crippen LogP contribution in [-0.2, 0) is 13.0 Å². The summed E-state index contributed by atoms with van der Waals surface area (Å²) in [7, 11) is 0. The smallest absolute Gasteiger partial charge is 0.301 e. The third-order valence-corrected chi connectivity index (χ3v) is 2.91. The largest absolute Gasteiger partial charge is 0.454 e. The first-order chi connectivity index (χ1) is 9.15. The van der Waals surface area contributed by atoms with Crippen molar-refractivity contribution in [1.29, 1.82) is 0 Å². The van der Waals surface area contributed by atoms with Crippen LogP contribution in [0.25, 0.3) is 0 Å². The van der Waals surface area contributed by atoms with Gasteiger partial charge in [0.1, 0.15) is 11.6 Å². The zero-order valence-electron chi connectivity index (χ0n) is 11.1. The molecule has 0 saturated heterocycles. The average Bonchev–Trinajstić information content (AvgIpc) is 2.97. The topological polar surface area (TPSA) is 86.1 Å². The molecule has 102 valence electrons. The van der Waals surface area contributed by atoms with Crippen molar-refractivity contribution in [3.63, 3.8) is 0 Å². The van der Waals surface area contributed by atoms with E-state index in [1.807, 2.05) is 23.8 Å². The van der Waals surface area contributed by atoms with Gasteiger partial charge in [0.25, 0.3) is 0 Å². The van der Waals surface area contributed by atoms with Crippen LogP contribution < -0.4 is 11.3 Å². The monoisotopic (exact) mass is 262 g/mol. The molecule has 0 bridgehead atoms. The molecular weight excluding hydrogens is 244 g/mol. The molecule has 2 aromatic rings. The fourth-order valence-corrected chi connectivity index (χ4v) is 2.02. The lowest BCUT2D eigenvalue weighted by atomic mass is 10.2. The molecule has 1 amide bonds. The van der Waals surface area contributed by atoms with E-state index in [9.17, 15) is 4.79 Å². The van der Waals surface area contributed by atoms with Gasteiger partial charge < -0.3 is 8.98 Å². The summed E-state index contributed by atoms with van der Waals surface area (Å²) in [5.41, 5.74) is 2.85. The molecule has 6 heteroatoms. The fourth-order valence-electron chi connectivity index (χ4n) is 2.02. The molecule has 0 unspecified atom stereocenters. The number of rotatable bonds is 5. The Bertz CT molecular complexity index is 571. The average molecular weight is 262 g/mol. The number of carbonyl (C=O) groups is 1. The van der Waals surface area contributed by atoms with Gasteiger partial charge in [0.05, 0.1) is 6.54 Å². The van der Waals surface area contributed by atoms with Crippen LogP contribution in [0.2, 0.25) is 0 Å². The molecule has 0 aliphatic carbocycles. The minimum atomic E-state index is -0.414. The van der Waals surface area contributed by atoms with Crippen molar-refractivity contribution in [2.24, 2.45) is 5.84 Å². The second kappa shape index (κ2) is 5.71. The molecule has 0 atom stereocenters. The first kappa shape index (κ1) is 13.4. The van der Waals surface area contributed by atoms with E-state index in [1.54, 1.807) is 6.20 Å². The maximum Gasteiger partial charge on any atom is 0.301 e. The zero-order valence-corrected chi connectivity index (χ0v) is 11.1. The highest BCUT2D eigenvalue weighted by atomic mass is 16.4. The summed E-state index contributed by atoms with van der Waals surface area (Å²) >= 11 is 0. The number of hydrazine groups is 1. The van der Waals surface area contributed by atoms with Crippen molar-refractivity contribution in [2.45, 2.75) is 33.2 Å². The molecule has 2 rings (SSSR count). The van der Waals surface area contributed by atoms with E-state index in [2.05, 4.69) is 17.3 Å². The molecule has 2 aromatic heterocycles. The highest BCUT2D eigenvalue weighted by Crippen LogP contribution is 2.16. The van der Waals surface area contributed by atoms with Crippen LogP contribution in [0.1, 0.15) is 41.0 Å². The molecule has 6 nitrogen and oxygen atoms in total. The zero-order chi connectivity index (χ0) is 13.8. The van der Waals surface area contributed by atoms with Crippen LogP contribution in [-0.4, -0.2) is 15.5 Å². The van der Waals surface area contributed by atoms with E-state index >= 15 is 0 Å². The van der Waals surface area contributed by atoms with Crippen molar-refractivity contribution in [1.82, 2.24) is 15.0 Å². The Balaban J connectivity index is 2.19. The standard InChI is InChI=1S/C13H18N4O2/c1-3-4-11-15-5-6-17(11)8-10-7-9(2)12(19-10)13(18)16-14/h5-7H,3-4,8,14H2,1-2H3,(H,16,18). The number of imidazole rings is 1. The maximum absolute atomic E-state index is 11.5. The lowest BCUT2D eigenvalue weighted by molar-refractivity contribution is 0.0923. The van der Waals surface area contributed by atoms with Crippen molar-refractivity contribution in [2.75, 3.05) is 0 Å². The predicted octanol–water partition coefficient (Wildman–Crippen LogP) is 1.39. The number of hydrogen-bond donors (Lipinski definition) is 2. The summed E-state index contributed by atoms with van der Waals surface area (Å²) in [6, 6.07) is 1.85. The maximum atomic E-state index is 11.5. The number of aryl methyl sites for hydroxylation is 2. The van der Waals surface area contributed by atoms with Crippen molar-refractivity contribution in [3.8, 4) is 0 Å². The van der Waals surface area contributed by atoms with Crippen LogP contribution >= 0.6 is 0 Å². The van der Waals surface area contributed by atoms with E-state index in [0.717, 1.165) is 24.2 Å². The van der Waals surface area contributed by atoms with Gasteiger partial charge in [-0.1, -0.05) is 6.92 Å². The van der Waals surface area contributed by atoms with Gasteiger partial charge in [-0.2, -0.15) is 0 Å². The second-order valence-electron chi connectivity index (χ2n) is 4.42. The molecule has 0 spiro atoms. The van der Waals surface area contributed by atoms with E-state index < -0.39 is 5.91 Å². The number of nitrogens with two attached hydrogens (primary N) is 1. The molecule has 0 aliphatic rings. The quantitative estimate of drug-likeness (QED) is 0.484. The van der Waals surface area contributed by atoms with Gasteiger partial charge in [0, 0.05) is 24.4 Å². The normalized spacial score (nSPS) is 10.7. The minimum absolute atomic E-state index is 0.259. The Morgan fingerprint density at radius 3 is 3.05 bits per heavy atom. The Labute approximate surface area is 111 Å². The van der Waals surface area contributed by atoms with Crippen LogP contribution in [0.15, 0.2) is 22.9 Å². The summed E-state index contributed by atoms with van der Waals surface area (Å²) in [5.74, 6) is 6.68. The summed E-state index contributed by atoms with van der Waals surface area (Å²) in [6.45, 7) is 4.49. The lowest BCUT2D eigenvalue weighted by Crippen LogP contribution is -2.30. The highest BCUT2D eigenvalue weighted by Gasteiger charge is 2.15. The lowest BCUT2D eigenvalue weighted by Gasteiger charge is -2.04. The van der Waals surface area contributed by atoms with Gasteiger partial charge in [-0.05, 0) is 19.4 Å². The van der Waals surface area contributed by atoms with E-state index in [0.29, 0.717) is 12.3 Å². The Morgan fingerprint density at radius 1 is 1.58 bits per heavy atom. The van der Waals surface area contributed by atoms with Gasteiger partial charge >= 0.3 is 5.91 Å². The van der Waals surface area contributed by atoms with Gasteiger partial charge in [0.2, 0.25) is 0 Å². The Morgan fingerprint density at radius 2 is 2.37 bits per heavy atom. The number of carbonyl (C=O) groups excluding carboxylic acids is 1. The Kier molecular flexibility index (Phi) is 4.01. The van der Waals surface area contributed by atoms with Gasteiger partial charge in [-0.25, -0.2) is 10.8 Å². The first-order valence-electron chi connectivity index (χ1n) is 6.26. The second-order valence-corrected chi connectivity index (χ2v) is 4.42. The molecule has 3 N–H and O–H groups in total. The Hall–Kier alpha value is -2.08. The van der Waals surface area contributed by atoms with Gasteiger partial charge in [0.15, 0.2) is 5.76 Å².